The molecule has 2 aromatic rings. The molecule has 0 spiro atoms. The molecule has 0 aliphatic heterocycles. The SMILES string of the molecule is COc1ccc([C@H](C)N)c(OCc2cccc(C)n2)c1. The van der Waals surface area contributed by atoms with E-state index in [0.717, 1.165) is 28.5 Å². The summed E-state index contributed by atoms with van der Waals surface area (Å²) in [5.41, 5.74) is 8.79. The standard InChI is InChI=1S/C16H20N2O2/c1-11-5-4-6-13(18-11)10-20-16-9-14(19-3)7-8-15(16)12(2)17/h4-9,12H,10,17H2,1-3H3/t12-/m0/s1. The number of nitrogens with zero attached hydrogens (tertiary/aromatic N) is 1. The Balaban J connectivity index is 2.19. The zero-order valence-electron chi connectivity index (χ0n) is 12.1. The lowest BCUT2D eigenvalue weighted by Crippen LogP contribution is -2.08. The van der Waals surface area contributed by atoms with Crippen LogP contribution in [0.25, 0.3) is 0 Å². The van der Waals surface area contributed by atoms with E-state index in [9.17, 15) is 0 Å². The number of nitrogens with two attached hydrogens (primary N) is 1. The van der Waals surface area contributed by atoms with Crippen molar-refractivity contribution in [1.82, 2.24) is 4.98 Å². The van der Waals surface area contributed by atoms with Crippen molar-refractivity contribution in [2.45, 2.75) is 26.5 Å². The van der Waals surface area contributed by atoms with Gasteiger partial charge in [0.2, 0.25) is 0 Å². The molecule has 1 aromatic carbocycles. The van der Waals surface area contributed by atoms with Gasteiger partial charge in [0.1, 0.15) is 18.1 Å². The second kappa shape index (κ2) is 6.39. The summed E-state index contributed by atoms with van der Waals surface area (Å²) >= 11 is 0. The molecule has 1 heterocycles. The number of pyridine rings is 1. The number of benzene rings is 1. The van der Waals surface area contributed by atoms with Crippen molar-refractivity contribution in [2.24, 2.45) is 5.73 Å². The number of methoxy groups -OCH3 is 1. The highest BCUT2D eigenvalue weighted by molar-refractivity contribution is 5.42. The van der Waals surface area contributed by atoms with Crippen molar-refractivity contribution >= 4 is 0 Å². The number of hydrogen-bond donors (Lipinski definition) is 1. The summed E-state index contributed by atoms with van der Waals surface area (Å²) in [4.78, 5) is 4.42. The third-order valence-corrected chi connectivity index (χ3v) is 3.03. The maximum absolute atomic E-state index is 5.96. The fraction of sp³-hybridized carbons (Fsp3) is 0.312. The molecular weight excluding hydrogens is 252 g/mol. The van der Waals surface area contributed by atoms with E-state index in [-0.39, 0.29) is 6.04 Å². The Kier molecular flexibility index (Phi) is 4.58. The largest absolute Gasteiger partial charge is 0.497 e. The minimum absolute atomic E-state index is 0.0959. The van der Waals surface area contributed by atoms with E-state index < -0.39 is 0 Å². The lowest BCUT2D eigenvalue weighted by atomic mass is 10.1. The van der Waals surface area contributed by atoms with Gasteiger partial charge in [0.05, 0.1) is 12.8 Å². The summed E-state index contributed by atoms with van der Waals surface area (Å²) in [6.45, 7) is 4.30. The van der Waals surface area contributed by atoms with Gasteiger partial charge in [0.25, 0.3) is 0 Å². The van der Waals surface area contributed by atoms with Crippen LogP contribution in [0.1, 0.15) is 29.9 Å². The van der Waals surface area contributed by atoms with Crippen molar-refractivity contribution in [3.63, 3.8) is 0 Å². The lowest BCUT2D eigenvalue weighted by Gasteiger charge is -2.15. The lowest BCUT2D eigenvalue weighted by molar-refractivity contribution is 0.294. The Morgan fingerprint density at radius 2 is 2.05 bits per heavy atom. The van der Waals surface area contributed by atoms with Crippen LogP contribution in [0.15, 0.2) is 36.4 Å². The molecule has 0 amide bonds. The van der Waals surface area contributed by atoms with Gasteiger partial charge in [0, 0.05) is 23.4 Å². The molecule has 0 radical (unpaired) electrons. The van der Waals surface area contributed by atoms with Gasteiger partial charge in [-0.25, -0.2) is 0 Å². The number of aryl methyl sites for hydroxylation is 1. The van der Waals surface area contributed by atoms with E-state index in [1.165, 1.54) is 0 Å². The topological polar surface area (TPSA) is 57.4 Å². The first-order valence-corrected chi connectivity index (χ1v) is 6.59. The number of hydrogen-bond acceptors (Lipinski definition) is 4. The quantitative estimate of drug-likeness (QED) is 0.909. The van der Waals surface area contributed by atoms with Gasteiger partial charge in [-0.15, -0.1) is 0 Å². The van der Waals surface area contributed by atoms with Crippen molar-refractivity contribution < 1.29 is 9.47 Å². The average Bonchev–Trinajstić information content (AvgIpc) is 2.44. The summed E-state index contributed by atoms with van der Waals surface area (Å²) in [6, 6.07) is 11.5. The molecule has 1 aromatic heterocycles. The molecular formula is C16H20N2O2. The fourth-order valence-corrected chi connectivity index (χ4v) is 1.97. The normalized spacial score (nSPS) is 12.0. The van der Waals surface area contributed by atoms with E-state index in [1.54, 1.807) is 7.11 Å². The molecule has 4 heteroatoms. The summed E-state index contributed by atoms with van der Waals surface area (Å²) in [7, 11) is 1.63. The first-order valence-electron chi connectivity index (χ1n) is 6.59. The summed E-state index contributed by atoms with van der Waals surface area (Å²) in [6.07, 6.45) is 0. The molecule has 4 nitrogen and oxygen atoms in total. The molecule has 0 saturated carbocycles. The van der Waals surface area contributed by atoms with E-state index in [1.807, 2.05) is 50.2 Å². The highest BCUT2D eigenvalue weighted by atomic mass is 16.5. The van der Waals surface area contributed by atoms with Crippen LogP contribution < -0.4 is 15.2 Å². The molecule has 0 aliphatic rings. The minimum atomic E-state index is -0.0959. The van der Waals surface area contributed by atoms with E-state index >= 15 is 0 Å². The zero-order valence-corrected chi connectivity index (χ0v) is 12.1. The van der Waals surface area contributed by atoms with Gasteiger partial charge in [-0.2, -0.15) is 0 Å². The van der Waals surface area contributed by atoms with Gasteiger partial charge >= 0.3 is 0 Å². The van der Waals surface area contributed by atoms with Gasteiger partial charge in [-0.3, -0.25) is 4.98 Å². The Hall–Kier alpha value is -2.07. The van der Waals surface area contributed by atoms with E-state index in [0.29, 0.717) is 6.61 Å². The van der Waals surface area contributed by atoms with Crippen LogP contribution in [0, 0.1) is 6.92 Å². The van der Waals surface area contributed by atoms with Crippen LogP contribution in [-0.2, 0) is 6.61 Å². The van der Waals surface area contributed by atoms with Crippen molar-refractivity contribution in [3.8, 4) is 11.5 Å². The third-order valence-electron chi connectivity index (χ3n) is 3.03. The number of rotatable bonds is 5. The van der Waals surface area contributed by atoms with Crippen molar-refractivity contribution in [2.75, 3.05) is 7.11 Å². The first-order chi connectivity index (χ1) is 9.60. The average molecular weight is 272 g/mol. The predicted molar refractivity (Wildman–Crippen MR) is 78.9 cm³/mol. The molecule has 0 aliphatic carbocycles. The summed E-state index contributed by atoms with van der Waals surface area (Å²) < 4.78 is 11.1. The maximum atomic E-state index is 5.96. The molecule has 20 heavy (non-hydrogen) atoms. The molecule has 1 atom stereocenters. The Bertz CT molecular complexity index is 582. The minimum Gasteiger partial charge on any atom is -0.497 e. The van der Waals surface area contributed by atoms with Crippen LogP contribution >= 0.6 is 0 Å². The second-order valence-corrected chi connectivity index (χ2v) is 4.75. The van der Waals surface area contributed by atoms with Crippen LogP contribution in [0.3, 0.4) is 0 Å². The zero-order chi connectivity index (χ0) is 14.5. The van der Waals surface area contributed by atoms with Crippen LogP contribution in [0.2, 0.25) is 0 Å². The monoisotopic (exact) mass is 272 g/mol. The summed E-state index contributed by atoms with van der Waals surface area (Å²) in [5, 5.41) is 0. The first kappa shape index (κ1) is 14.3. The molecule has 2 N–H and O–H groups in total. The predicted octanol–water partition coefficient (Wildman–Crippen LogP) is 3.00. The van der Waals surface area contributed by atoms with E-state index in [4.69, 9.17) is 15.2 Å². The van der Waals surface area contributed by atoms with Crippen molar-refractivity contribution in [3.05, 3.63) is 53.3 Å². The number of ether oxygens (including phenoxy) is 2. The molecule has 0 bridgehead atoms. The molecule has 0 fully saturated rings. The highest BCUT2D eigenvalue weighted by Crippen LogP contribution is 2.29. The molecule has 0 unspecified atom stereocenters. The molecule has 106 valence electrons. The maximum Gasteiger partial charge on any atom is 0.130 e. The molecule has 2 rings (SSSR count). The van der Waals surface area contributed by atoms with Gasteiger partial charge < -0.3 is 15.2 Å². The number of aromatic nitrogens is 1. The third kappa shape index (κ3) is 3.48. The van der Waals surface area contributed by atoms with Gasteiger partial charge in [-0.05, 0) is 32.0 Å². The Morgan fingerprint density at radius 1 is 1.25 bits per heavy atom. The van der Waals surface area contributed by atoms with Gasteiger partial charge in [0.15, 0.2) is 0 Å². The second-order valence-electron chi connectivity index (χ2n) is 4.75. The van der Waals surface area contributed by atoms with Crippen LogP contribution in [-0.4, -0.2) is 12.1 Å². The fourth-order valence-electron chi connectivity index (χ4n) is 1.97. The van der Waals surface area contributed by atoms with Crippen molar-refractivity contribution in [1.29, 1.82) is 0 Å². The summed E-state index contributed by atoms with van der Waals surface area (Å²) in [5.74, 6) is 1.49. The van der Waals surface area contributed by atoms with Crippen LogP contribution in [0.5, 0.6) is 11.5 Å². The van der Waals surface area contributed by atoms with Crippen LogP contribution in [0.4, 0.5) is 0 Å². The smallest absolute Gasteiger partial charge is 0.130 e. The van der Waals surface area contributed by atoms with Gasteiger partial charge in [-0.1, -0.05) is 12.1 Å². The Morgan fingerprint density at radius 3 is 2.70 bits per heavy atom. The molecule has 0 saturated heterocycles. The highest BCUT2D eigenvalue weighted by Gasteiger charge is 2.10. The Labute approximate surface area is 119 Å². The van der Waals surface area contributed by atoms with E-state index in [2.05, 4.69) is 4.98 Å².